The lowest BCUT2D eigenvalue weighted by Gasteiger charge is -2.15. The first-order chi connectivity index (χ1) is 10.8. The Balaban J connectivity index is 2.27. The minimum Gasteiger partial charge on any atom is -0.465 e. The molecule has 0 unspecified atom stereocenters. The van der Waals surface area contributed by atoms with E-state index in [0.717, 1.165) is 5.56 Å². The van der Waals surface area contributed by atoms with Crippen molar-refractivity contribution in [1.29, 1.82) is 0 Å². The summed E-state index contributed by atoms with van der Waals surface area (Å²) in [5.41, 5.74) is 0.913. The van der Waals surface area contributed by atoms with Gasteiger partial charge in [0.1, 0.15) is 0 Å². The average Bonchev–Trinajstić information content (AvgIpc) is 2.54. The summed E-state index contributed by atoms with van der Waals surface area (Å²) in [5, 5.41) is 0.529. The van der Waals surface area contributed by atoms with Gasteiger partial charge in [0.15, 0.2) is 0 Å². The second kappa shape index (κ2) is 7.12. The molecule has 0 aromatic heterocycles. The molecule has 0 heterocycles. The lowest BCUT2D eigenvalue weighted by atomic mass is 10.1. The van der Waals surface area contributed by atoms with Gasteiger partial charge in [-0.2, -0.15) is 0 Å². The minimum absolute atomic E-state index is 0.00530. The third-order valence-corrected chi connectivity index (χ3v) is 5.02. The van der Waals surface area contributed by atoms with E-state index in [2.05, 4.69) is 9.46 Å². The number of nitrogens with one attached hydrogen (secondary N) is 1. The van der Waals surface area contributed by atoms with Crippen LogP contribution >= 0.6 is 11.6 Å². The minimum atomic E-state index is -3.79. The zero-order chi connectivity index (χ0) is 17.0. The topological polar surface area (TPSA) is 72.5 Å². The van der Waals surface area contributed by atoms with E-state index in [9.17, 15) is 13.2 Å². The Morgan fingerprint density at radius 2 is 1.87 bits per heavy atom. The predicted octanol–water partition coefficient (Wildman–Crippen LogP) is 3.17. The van der Waals surface area contributed by atoms with Crippen molar-refractivity contribution in [3.8, 4) is 0 Å². The van der Waals surface area contributed by atoms with Gasteiger partial charge in [0.2, 0.25) is 10.0 Å². The molecule has 0 saturated carbocycles. The van der Waals surface area contributed by atoms with Crippen LogP contribution in [0.4, 0.5) is 0 Å². The molecule has 0 bridgehead atoms. The highest BCUT2D eigenvalue weighted by Crippen LogP contribution is 2.20. The predicted molar refractivity (Wildman–Crippen MR) is 88.0 cm³/mol. The van der Waals surface area contributed by atoms with Gasteiger partial charge in [-0.25, -0.2) is 17.9 Å². The zero-order valence-electron chi connectivity index (χ0n) is 12.6. The molecule has 122 valence electrons. The Morgan fingerprint density at radius 1 is 1.17 bits per heavy atom. The van der Waals surface area contributed by atoms with E-state index in [4.69, 9.17) is 11.6 Å². The van der Waals surface area contributed by atoms with Crippen molar-refractivity contribution in [2.24, 2.45) is 0 Å². The molecular formula is C16H16ClNO4S. The first-order valence-corrected chi connectivity index (χ1v) is 8.66. The molecule has 23 heavy (non-hydrogen) atoms. The smallest absolute Gasteiger partial charge is 0.337 e. The number of halogens is 1. The molecular weight excluding hydrogens is 338 g/mol. The summed E-state index contributed by atoms with van der Waals surface area (Å²) in [6, 6.07) is 12.1. The Morgan fingerprint density at radius 3 is 2.52 bits per heavy atom. The molecule has 0 aliphatic carbocycles. The van der Waals surface area contributed by atoms with Crippen molar-refractivity contribution in [3.63, 3.8) is 0 Å². The van der Waals surface area contributed by atoms with Crippen molar-refractivity contribution >= 4 is 27.6 Å². The van der Waals surface area contributed by atoms with Crippen LogP contribution in [0.3, 0.4) is 0 Å². The van der Waals surface area contributed by atoms with Gasteiger partial charge in [-0.15, -0.1) is 0 Å². The number of ether oxygens (including phenoxy) is 1. The largest absolute Gasteiger partial charge is 0.465 e. The first-order valence-electron chi connectivity index (χ1n) is 6.79. The number of hydrogen-bond acceptors (Lipinski definition) is 4. The number of benzene rings is 2. The van der Waals surface area contributed by atoms with Gasteiger partial charge in [-0.3, -0.25) is 0 Å². The van der Waals surface area contributed by atoms with E-state index in [-0.39, 0.29) is 10.5 Å². The van der Waals surface area contributed by atoms with E-state index < -0.39 is 22.0 Å². The molecule has 1 atom stereocenters. The van der Waals surface area contributed by atoms with Crippen molar-refractivity contribution in [1.82, 2.24) is 4.72 Å². The van der Waals surface area contributed by atoms with Gasteiger partial charge < -0.3 is 4.74 Å². The van der Waals surface area contributed by atoms with Crippen LogP contribution in [-0.2, 0) is 14.8 Å². The molecule has 0 aliphatic rings. The summed E-state index contributed by atoms with van der Waals surface area (Å²) in [6.45, 7) is 1.72. The average molecular weight is 354 g/mol. The Labute approximate surface area is 140 Å². The fraction of sp³-hybridized carbons (Fsp3) is 0.188. The van der Waals surface area contributed by atoms with Crippen LogP contribution in [0.1, 0.15) is 28.9 Å². The number of esters is 1. The van der Waals surface area contributed by atoms with Crippen LogP contribution in [0.2, 0.25) is 5.02 Å². The molecule has 2 rings (SSSR count). The molecule has 2 aromatic carbocycles. The summed E-state index contributed by atoms with van der Waals surface area (Å²) >= 11 is 5.92. The summed E-state index contributed by atoms with van der Waals surface area (Å²) in [4.78, 5) is 11.5. The Hall–Kier alpha value is -1.89. The summed E-state index contributed by atoms with van der Waals surface area (Å²) in [6.07, 6.45) is 0. The highest BCUT2D eigenvalue weighted by molar-refractivity contribution is 7.89. The van der Waals surface area contributed by atoms with E-state index in [1.807, 2.05) is 0 Å². The van der Waals surface area contributed by atoms with E-state index >= 15 is 0 Å². The monoisotopic (exact) mass is 353 g/mol. The summed E-state index contributed by atoms with van der Waals surface area (Å²) < 4.78 is 32.1. The van der Waals surface area contributed by atoms with Gasteiger partial charge in [0.25, 0.3) is 0 Å². The maximum Gasteiger partial charge on any atom is 0.337 e. The van der Waals surface area contributed by atoms with Crippen LogP contribution < -0.4 is 4.72 Å². The third-order valence-electron chi connectivity index (χ3n) is 3.25. The van der Waals surface area contributed by atoms with Gasteiger partial charge >= 0.3 is 5.97 Å². The highest BCUT2D eigenvalue weighted by atomic mass is 35.5. The zero-order valence-corrected chi connectivity index (χ0v) is 14.2. The molecule has 0 spiro atoms. The van der Waals surface area contributed by atoms with Crippen molar-refractivity contribution < 1.29 is 17.9 Å². The Kier molecular flexibility index (Phi) is 5.41. The fourth-order valence-corrected chi connectivity index (χ4v) is 3.53. The van der Waals surface area contributed by atoms with Crippen LogP contribution in [-0.4, -0.2) is 21.5 Å². The first kappa shape index (κ1) is 17.5. The lowest BCUT2D eigenvalue weighted by molar-refractivity contribution is 0.0600. The van der Waals surface area contributed by atoms with Crippen LogP contribution in [0.15, 0.2) is 53.4 Å². The molecule has 5 nitrogen and oxygen atoms in total. The number of rotatable bonds is 5. The molecule has 7 heteroatoms. The number of carbonyl (C=O) groups excluding carboxylic acids is 1. The van der Waals surface area contributed by atoms with Gasteiger partial charge in [0.05, 0.1) is 17.6 Å². The number of sulfonamides is 1. The van der Waals surface area contributed by atoms with Crippen molar-refractivity contribution in [3.05, 3.63) is 64.7 Å². The lowest BCUT2D eigenvalue weighted by Crippen LogP contribution is -2.27. The number of hydrogen-bond donors (Lipinski definition) is 1. The second-order valence-corrected chi connectivity index (χ2v) is 7.07. The standard InChI is InChI=1S/C16H16ClNO4S/c1-11(12-5-3-7-14(17)9-12)18-23(20,21)15-8-4-6-13(10-15)16(19)22-2/h3-11,18H,1-2H3/t11-/m0/s1. The quantitative estimate of drug-likeness (QED) is 0.838. The molecule has 0 aliphatic heterocycles. The summed E-state index contributed by atoms with van der Waals surface area (Å²) in [5.74, 6) is -0.593. The highest BCUT2D eigenvalue weighted by Gasteiger charge is 2.20. The molecule has 0 saturated heterocycles. The van der Waals surface area contributed by atoms with Crippen molar-refractivity contribution in [2.45, 2.75) is 17.9 Å². The molecule has 0 fully saturated rings. The summed E-state index contributed by atoms with van der Waals surface area (Å²) in [7, 11) is -2.55. The second-order valence-electron chi connectivity index (χ2n) is 4.92. The van der Waals surface area contributed by atoms with E-state index in [1.54, 1.807) is 31.2 Å². The van der Waals surface area contributed by atoms with Gasteiger partial charge in [0, 0.05) is 11.1 Å². The van der Waals surface area contributed by atoms with E-state index in [1.165, 1.54) is 31.4 Å². The fourth-order valence-electron chi connectivity index (χ4n) is 2.05. The van der Waals surface area contributed by atoms with Crippen LogP contribution in [0.25, 0.3) is 0 Å². The van der Waals surface area contributed by atoms with Crippen molar-refractivity contribution in [2.75, 3.05) is 7.11 Å². The van der Waals surface area contributed by atoms with Gasteiger partial charge in [-0.05, 0) is 42.8 Å². The molecule has 2 aromatic rings. The maximum absolute atomic E-state index is 12.5. The van der Waals surface area contributed by atoms with E-state index in [0.29, 0.717) is 5.02 Å². The normalized spacial score (nSPS) is 12.7. The van der Waals surface area contributed by atoms with Crippen LogP contribution in [0.5, 0.6) is 0 Å². The molecule has 0 amide bonds. The maximum atomic E-state index is 12.5. The van der Waals surface area contributed by atoms with Gasteiger partial charge in [-0.1, -0.05) is 29.8 Å². The SMILES string of the molecule is COC(=O)c1cccc(S(=O)(=O)N[C@@H](C)c2cccc(Cl)c2)c1. The molecule has 1 N–H and O–H groups in total. The Bertz CT molecular complexity index is 820. The molecule has 0 radical (unpaired) electrons. The van der Waals surface area contributed by atoms with Crippen LogP contribution in [0, 0.1) is 0 Å². The number of carbonyl (C=O) groups is 1. The number of methoxy groups -OCH3 is 1. The third kappa shape index (κ3) is 4.31.